The van der Waals surface area contributed by atoms with Gasteiger partial charge >= 0.3 is 11.9 Å². The Morgan fingerprint density at radius 2 is 1.72 bits per heavy atom. The van der Waals surface area contributed by atoms with Gasteiger partial charge in [-0.2, -0.15) is 0 Å². The summed E-state index contributed by atoms with van der Waals surface area (Å²) in [5.41, 5.74) is 1.53. The summed E-state index contributed by atoms with van der Waals surface area (Å²) >= 11 is 6.34. The molecule has 0 saturated heterocycles. The number of benzene rings is 1. The predicted molar refractivity (Wildman–Crippen MR) is 119 cm³/mol. The quantitative estimate of drug-likeness (QED) is 0.240. The SMILES string of the molecule is COCOC(=O)C(=Cc1ccncc1)C(C(=O)OC)=C(C)c1cc(Cl)c(OC)c(OC)c1. The highest BCUT2D eigenvalue weighted by molar-refractivity contribution is 6.32. The fraction of sp³-hybridized carbons (Fsp3) is 0.261. The zero-order valence-electron chi connectivity index (χ0n) is 18.4. The fourth-order valence-corrected chi connectivity index (χ4v) is 3.18. The Labute approximate surface area is 191 Å². The molecular weight excluding hydrogens is 438 g/mol. The maximum absolute atomic E-state index is 12.9. The van der Waals surface area contributed by atoms with Crippen molar-refractivity contribution in [3.63, 3.8) is 0 Å². The van der Waals surface area contributed by atoms with E-state index in [9.17, 15) is 9.59 Å². The van der Waals surface area contributed by atoms with Gasteiger partial charge in [-0.1, -0.05) is 11.6 Å². The van der Waals surface area contributed by atoms with Crippen LogP contribution in [0.4, 0.5) is 0 Å². The van der Waals surface area contributed by atoms with E-state index in [4.69, 9.17) is 35.3 Å². The monoisotopic (exact) mass is 461 g/mol. The second-order valence-electron chi connectivity index (χ2n) is 6.36. The third-order valence-corrected chi connectivity index (χ3v) is 4.73. The number of carbonyl (C=O) groups is 2. The van der Waals surface area contributed by atoms with Gasteiger partial charge in [0.2, 0.25) is 0 Å². The van der Waals surface area contributed by atoms with Crippen LogP contribution in [0.5, 0.6) is 11.5 Å². The number of hydrogen-bond donors (Lipinski definition) is 0. The van der Waals surface area contributed by atoms with E-state index in [1.165, 1.54) is 34.5 Å². The third-order valence-electron chi connectivity index (χ3n) is 4.45. The average Bonchev–Trinajstić information content (AvgIpc) is 2.81. The van der Waals surface area contributed by atoms with Crippen molar-refractivity contribution >= 4 is 35.2 Å². The van der Waals surface area contributed by atoms with Crippen molar-refractivity contribution in [3.8, 4) is 11.5 Å². The zero-order chi connectivity index (χ0) is 23.7. The summed E-state index contributed by atoms with van der Waals surface area (Å²) in [5.74, 6) is -0.796. The van der Waals surface area contributed by atoms with Crippen molar-refractivity contribution in [2.75, 3.05) is 35.2 Å². The highest BCUT2D eigenvalue weighted by atomic mass is 35.5. The lowest BCUT2D eigenvalue weighted by Gasteiger charge is -2.16. The number of aromatic nitrogens is 1. The van der Waals surface area contributed by atoms with E-state index in [1.807, 2.05) is 0 Å². The molecule has 0 amide bonds. The molecule has 9 heteroatoms. The summed E-state index contributed by atoms with van der Waals surface area (Å²) in [7, 11) is 5.54. The number of allylic oxidation sites excluding steroid dienone is 1. The van der Waals surface area contributed by atoms with Crippen molar-refractivity contribution in [2.45, 2.75) is 6.92 Å². The molecule has 0 saturated carbocycles. The lowest BCUT2D eigenvalue weighted by Crippen LogP contribution is -2.18. The normalized spacial score (nSPS) is 12.0. The average molecular weight is 462 g/mol. The predicted octanol–water partition coefficient (Wildman–Crippen LogP) is 3.93. The Balaban J connectivity index is 2.78. The number of rotatable bonds is 9. The van der Waals surface area contributed by atoms with Gasteiger partial charge in [0.15, 0.2) is 18.3 Å². The topological polar surface area (TPSA) is 93.2 Å². The van der Waals surface area contributed by atoms with Crippen molar-refractivity contribution in [2.24, 2.45) is 0 Å². The zero-order valence-corrected chi connectivity index (χ0v) is 19.2. The third kappa shape index (κ3) is 5.87. The minimum absolute atomic E-state index is 0.00583. The number of halogens is 1. The highest BCUT2D eigenvalue weighted by Gasteiger charge is 2.27. The highest BCUT2D eigenvalue weighted by Crippen LogP contribution is 2.39. The van der Waals surface area contributed by atoms with Gasteiger partial charge in [-0.05, 0) is 54.0 Å². The molecule has 1 aromatic heterocycles. The van der Waals surface area contributed by atoms with Crippen molar-refractivity contribution in [1.82, 2.24) is 4.98 Å². The van der Waals surface area contributed by atoms with Crippen LogP contribution in [0, 0.1) is 0 Å². The standard InChI is InChI=1S/C23H24ClNO7/c1-14(16-11-18(24)21(30-4)19(12-16)29-3)20(23(27)31-5)17(22(26)32-13-28-2)10-15-6-8-25-9-7-15/h6-12H,13H2,1-5H3. The van der Waals surface area contributed by atoms with Crippen molar-refractivity contribution < 1.29 is 33.3 Å². The van der Waals surface area contributed by atoms with Crippen LogP contribution >= 0.6 is 11.6 Å². The van der Waals surface area contributed by atoms with E-state index in [0.29, 0.717) is 28.2 Å². The molecule has 32 heavy (non-hydrogen) atoms. The summed E-state index contributed by atoms with van der Waals surface area (Å²) in [6.07, 6.45) is 4.64. The first-order valence-electron chi connectivity index (χ1n) is 9.37. The molecule has 0 unspecified atom stereocenters. The van der Waals surface area contributed by atoms with Gasteiger partial charge in [0.1, 0.15) is 0 Å². The smallest absolute Gasteiger partial charge is 0.341 e. The molecule has 2 rings (SSSR count). The summed E-state index contributed by atoms with van der Waals surface area (Å²) in [5, 5.41) is 0.270. The van der Waals surface area contributed by atoms with E-state index >= 15 is 0 Å². The molecule has 1 heterocycles. The van der Waals surface area contributed by atoms with Crippen molar-refractivity contribution in [1.29, 1.82) is 0 Å². The van der Waals surface area contributed by atoms with Gasteiger partial charge in [0.25, 0.3) is 0 Å². The first-order chi connectivity index (χ1) is 15.4. The maximum Gasteiger partial charge on any atom is 0.341 e. The molecule has 1 aromatic carbocycles. The van der Waals surface area contributed by atoms with Gasteiger partial charge in [0.05, 0.1) is 37.5 Å². The van der Waals surface area contributed by atoms with Gasteiger partial charge in [-0.3, -0.25) is 4.98 Å². The molecule has 0 atom stereocenters. The Kier molecular flexibility index (Phi) is 9.24. The molecule has 0 aliphatic carbocycles. The Hall–Kier alpha value is -3.36. The Morgan fingerprint density at radius 3 is 2.28 bits per heavy atom. The maximum atomic E-state index is 12.9. The van der Waals surface area contributed by atoms with E-state index in [-0.39, 0.29) is 23.0 Å². The molecule has 8 nitrogen and oxygen atoms in total. The molecular formula is C23H24ClNO7. The van der Waals surface area contributed by atoms with Crippen LogP contribution in [0.1, 0.15) is 18.1 Å². The molecule has 0 aliphatic heterocycles. The molecule has 0 aliphatic rings. The lowest BCUT2D eigenvalue weighted by atomic mass is 9.94. The molecule has 170 valence electrons. The second kappa shape index (κ2) is 11.9. The number of carbonyl (C=O) groups excluding carboxylic acids is 2. The van der Waals surface area contributed by atoms with Crippen LogP contribution in [0.15, 0.2) is 47.8 Å². The largest absolute Gasteiger partial charge is 0.493 e. The summed E-state index contributed by atoms with van der Waals surface area (Å²) in [6.45, 7) is 1.37. The lowest BCUT2D eigenvalue weighted by molar-refractivity contribution is -0.149. The Morgan fingerprint density at radius 1 is 1.03 bits per heavy atom. The van der Waals surface area contributed by atoms with Gasteiger partial charge in [0, 0.05) is 19.5 Å². The number of nitrogens with zero attached hydrogens (tertiary/aromatic N) is 1. The number of esters is 2. The van der Waals surface area contributed by atoms with Gasteiger partial charge < -0.3 is 23.7 Å². The molecule has 0 radical (unpaired) electrons. The van der Waals surface area contributed by atoms with Crippen LogP contribution in [0.3, 0.4) is 0 Å². The van der Waals surface area contributed by atoms with Crippen molar-refractivity contribution in [3.05, 3.63) is 64.0 Å². The van der Waals surface area contributed by atoms with Crippen LogP contribution in [-0.4, -0.2) is 52.2 Å². The van der Waals surface area contributed by atoms with Crippen LogP contribution in [0.25, 0.3) is 11.6 Å². The number of hydrogen-bond acceptors (Lipinski definition) is 8. The molecule has 2 aromatic rings. The van der Waals surface area contributed by atoms with E-state index in [0.717, 1.165) is 0 Å². The van der Waals surface area contributed by atoms with E-state index in [1.54, 1.807) is 43.6 Å². The van der Waals surface area contributed by atoms with E-state index in [2.05, 4.69) is 4.98 Å². The van der Waals surface area contributed by atoms with E-state index < -0.39 is 11.9 Å². The molecule has 0 bridgehead atoms. The second-order valence-corrected chi connectivity index (χ2v) is 6.77. The number of methoxy groups -OCH3 is 4. The molecule has 0 N–H and O–H groups in total. The summed E-state index contributed by atoms with van der Waals surface area (Å²) in [4.78, 5) is 29.7. The van der Waals surface area contributed by atoms with Crippen LogP contribution < -0.4 is 9.47 Å². The molecule has 0 fully saturated rings. The fourth-order valence-electron chi connectivity index (χ4n) is 2.90. The minimum atomic E-state index is -0.769. The van der Waals surface area contributed by atoms with Crippen LogP contribution in [0.2, 0.25) is 5.02 Å². The van der Waals surface area contributed by atoms with Gasteiger partial charge in [-0.25, -0.2) is 9.59 Å². The molecule has 0 spiro atoms. The van der Waals surface area contributed by atoms with Crippen LogP contribution in [-0.2, 0) is 23.8 Å². The summed E-state index contributed by atoms with van der Waals surface area (Å²) < 4.78 is 25.6. The Bertz CT molecular complexity index is 1030. The first kappa shape index (κ1) is 24.9. The number of pyridine rings is 1. The first-order valence-corrected chi connectivity index (χ1v) is 9.74. The van der Waals surface area contributed by atoms with Gasteiger partial charge in [-0.15, -0.1) is 0 Å². The number of ether oxygens (including phenoxy) is 5. The minimum Gasteiger partial charge on any atom is -0.493 e. The summed E-state index contributed by atoms with van der Waals surface area (Å²) in [6, 6.07) is 6.61.